The second-order valence-corrected chi connectivity index (χ2v) is 10.5. The number of carbonyl (C=O) groups is 1. The van der Waals surface area contributed by atoms with Crippen molar-refractivity contribution in [2.24, 2.45) is 0 Å². The number of benzene rings is 3. The van der Waals surface area contributed by atoms with Gasteiger partial charge in [0, 0.05) is 16.6 Å². The number of hydrogen-bond donors (Lipinski definition) is 2. The standard InChI is InChI=1S/C23H25O4PS/c24-22(25)23(26,14-6-9-18-7-2-1-3-8-18)16-28(27)17-29-21-13-12-19-10-4-5-11-20(19)15-21/h1-5,7-8,10-13,15,26,28H,6,9,14,16-17H2,(H,24,25). The molecule has 0 bridgehead atoms. The molecule has 0 spiro atoms. The van der Waals surface area contributed by atoms with E-state index in [0.29, 0.717) is 18.3 Å². The van der Waals surface area contributed by atoms with Crippen molar-refractivity contribution in [1.82, 2.24) is 0 Å². The Balaban J connectivity index is 1.54. The second-order valence-electron chi connectivity index (χ2n) is 7.19. The first-order valence-corrected chi connectivity index (χ1v) is 12.4. The molecule has 3 rings (SSSR count). The van der Waals surface area contributed by atoms with Gasteiger partial charge in [0.15, 0.2) is 5.60 Å². The van der Waals surface area contributed by atoms with Gasteiger partial charge in [0.1, 0.15) is 0 Å². The quantitative estimate of drug-likeness (QED) is 0.339. The van der Waals surface area contributed by atoms with Crippen molar-refractivity contribution < 1.29 is 19.6 Å². The molecule has 2 atom stereocenters. The second kappa shape index (κ2) is 10.1. The van der Waals surface area contributed by atoms with Gasteiger partial charge in [-0.1, -0.05) is 60.7 Å². The lowest BCUT2D eigenvalue weighted by molar-refractivity contribution is -0.156. The van der Waals surface area contributed by atoms with Crippen LogP contribution in [-0.4, -0.2) is 33.4 Å². The normalized spacial score (nSPS) is 14.4. The van der Waals surface area contributed by atoms with Crippen molar-refractivity contribution in [3.63, 3.8) is 0 Å². The molecule has 0 radical (unpaired) electrons. The summed E-state index contributed by atoms with van der Waals surface area (Å²) in [5.74, 6) is -1.29. The van der Waals surface area contributed by atoms with Gasteiger partial charge in [-0.25, -0.2) is 4.79 Å². The molecule has 0 saturated carbocycles. The minimum Gasteiger partial charge on any atom is -0.479 e. The maximum absolute atomic E-state index is 12.6. The Morgan fingerprint density at radius 2 is 1.66 bits per heavy atom. The van der Waals surface area contributed by atoms with E-state index in [4.69, 9.17) is 0 Å². The van der Waals surface area contributed by atoms with Gasteiger partial charge in [0.25, 0.3) is 0 Å². The first kappa shape index (κ1) is 21.6. The highest BCUT2D eigenvalue weighted by molar-refractivity contribution is 8.03. The monoisotopic (exact) mass is 428 g/mol. The number of aryl methyl sites for hydroxylation is 1. The van der Waals surface area contributed by atoms with Crippen LogP contribution in [-0.2, 0) is 15.8 Å². The maximum Gasteiger partial charge on any atom is 0.336 e. The Morgan fingerprint density at radius 1 is 0.966 bits per heavy atom. The molecule has 6 heteroatoms. The van der Waals surface area contributed by atoms with Crippen LogP contribution in [0.15, 0.2) is 77.7 Å². The highest BCUT2D eigenvalue weighted by atomic mass is 32.2. The average Bonchev–Trinajstić information content (AvgIpc) is 2.73. The van der Waals surface area contributed by atoms with Gasteiger partial charge in [0.2, 0.25) is 0 Å². The Hall–Kier alpha value is -2.07. The molecule has 0 amide bonds. The van der Waals surface area contributed by atoms with Gasteiger partial charge in [-0.05, 0) is 47.7 Å². The summed E-state index contributed by atoms with van der Waals surface area (Å²) in [6.07, 6.45) is 1.11. The predicted molar refractivity (Wildman–Crippen MR) is 121 cm³/mol. The topological polar surface area (TPSA) is 74.6 Å². The summed E-state index contributed by atoms with van der Waals surface area (Å²) in [6.45, 7) is 0. The van der Waals surface area contributed by atoms with Crippen LogP contribution < -0.4 is 0 Å². The minimum atomic E-state index is -2.25. The van der Waals surface area contributed by atoms with Gasteiger partial charge in [-0.3, -0.25) is 0 Å². The third-order valence-electron chi connectivity index (χ3n) is 4.91. The number of rotatable bonds is 10. The average molecular weight is 428 g/mol. The van der Waals surface area contributed by atoms with E-state index in [9.17, 15) is 19.6 Å². The third-order valence-corrected chi connectivity index (χ3v) is 8.34. The van der Waals surface area contributed by atoms with E-state index in [2.05, 4.69) is 0 Å². The van der Waals surface area contributed by atoms with Gasteiger partial charge in [-0.15, -0.1) is 11.8 Å². The Kier molecular flexibility index (Phi) is 7.54. The van der Waals surface area contributed by atoms with E-state index in [1.54, 1.807) is 0 Å². The van der Waals surface area contributed by atoms with Crippen LogP contribution in [0.2, 0.25) is 0 Å². The molecule has 0 aliphatic carbocycles. The van der Waals surface area contributed by atoms with Crippen molar-refractivity contribution in [1.29, 1.82) is 0 Å². The Morgan fingerprint density at radius 3 is 2.38 bits per heavy atom. The van der Waals surface area contributed by atoms with E-state index in [1.807, 2.05) is 72.8 Å². The summed E-state index contributed by atoms with van der Waals surface area (Å²) in [5, 5.41) is 22.3. The van der Waals surface area contributed by atoms with Crippen LogP contribution in [0.4, 0.5) is 0 Å². The van der Waals surface area contributed by atoms with Gasteiger partial charge >= 0.3 is 5.97 Å². The molecule has 0 heterocycles. The highest BCUT2D eigenvalue weighted by Gasteiger charge is 2.37. The smallest absolute Gasteiger partial charge is 0.336 e. The summed E-state index contributed by atoms with van der Waals surface area (Å²) < 4.78 is 12.6. The molecule has 152 valence electrons. The van der Waals surface area contributed by atoms with Crippen LogP contribution in [0.3, 0.4) is 0 Å². The van der Waals surface area contributed by atoms with Crippen LogP contribution in [0.1, 0.15) is 18.4 Å². The summed E-state index contributed by atoms with van der Waals surface area (Å²) in [5.41, 5.74) is -0.522. The zero-order chi connectivity index (χ0) is 20.7. The Labute approximate surface area is 175 Å². The fraction of sp³-hybridized carbons (Fsp3) is 0.261. The lowest BCUT2D eigenvalue weighted by atomic mass is 9.97. The van der Waals surface area contributed by atoms with Gasteiger partial charge in [0.05, 0.1) is 7.80 Å². The fourth-order valence-corrected chi connectivity index (χ4v) is 6.37. The predicted octanol–water partition coefficient (Wildman–Crippen LogP) is 5.29. The maximum atomic E-state index is 12.6. The first-order chi connectivity index (χ1) is 14.0. The molecular formula is C23H25O4PS. The largest absolute Gasteiger partial charge is 0.479 e. The van der Waals surface area contributed by atoms with E-state index in [-0.39, 0.29) is 12.6 Å². The highest BCUT2D eigenvalue weighted by Crippen LogP contribution is 2.36. The zero-order valence-corrected chi connectivity index (χ0v) is 17.9. The van der Waals surface area contributed by atoms with Crippen molar-refractivity contribution in [2.45, 2.75) is 29.8 Å². The summed E-state index contributed by atoms with van der Waals surface area (Å²) in [6, 6.07) is 23.8. The summed E-state index contributed by atoms with van der Waals surface area (Å²) >= 11 is 1.45. The van der Waals surface area contributed by atoms with Crippen molar-refractivity contribution >= 4 is 36.3 Å². The fourth-order valence-electron chi connectivity index (χ4n) is 3.30. The van der Waals surface area contributed by atoms with Crippen LogP contribution >= 0.6 is 19.6 Å². The van der Waals surface area contributed by atoms with E-state index < -0.39 is 19.4 Å². The number of thioether (sulfide) groups is 1. The molecule has 2 N–H and O–H groups in total. The molecule has 0 aromatic heterocycles. The summed E-state index contributed by atoms with van der Waals surface area (Å²) in [4.78, 5) is 12.6. The molecular weight excluding hydrogens is 403 g/mol. The minimum absolute atomic E-state index is 0.0915. The molecule has 3 aromatic rings. The molecule has 0 fully saturated rings. The molecule has 0 aliphatic heterocycles. The van der Waals surface area contributed by atoms with E-state index in [0.717, 1.165) is 21.2 Å². The molecule has 29 heavy (non-hydrogen) atoms. The molecule has 2 unspecified atom stereocenters. The van der Waals surface area contributed by atoms with Gasteiger partial charge in [-0.2, -0.15) is 0 Å². The van der Waals surface area contributed by atoms with Gasteiger partial charge < -0.3 is 14.8 Å². The molecule has 0 aliphatic rings. The number of fused-ring (bicyclic) bond motifs is 1. The van der Waals surface area contributed by atoms with Crippen molar-refractivity contribution in [3.8, 4) is 0 Å². The van der Waals surface area contributed by atoms with E-state index in [1.165, 1.54) is 11.8 Å². The number of aliphatic hydroxyl groups is 1. The van der Waals surface area contributed by atoms with Crippen LogP contribution in [0.25, 0.3) is 10.8 Å². The summed E-state index contributed by atoms with van der Waals surface area (Å²) in [7, 11) is -2.25. The van der Waals surface area contributed by atoms with Crippen molar-refractivity contribution in [2.75, 3.05) is 11.7 Å². The number of carboxylic acid groups (broad SMARTS) is 1. The third kappa shape index (κ3) is 6.20. The van der Waals surface area contributed by atoms with Crippen LogP contribution in [0.5, 0.6) is 0 Å². The van der Waals surface area contributed by atoms with Crippen LogP contribution in [0, 0.1) is 0 Å². The first-order valence-electron chi connectivity index (χ1n) is 9.59. The van der Waals surface area contributed by atoms with E-state index >= 15 is 0 Å². The lowest BCUT2D eigenvalue weighted by Gasteiger charge is -2.23. The molecule has 4 nitrogen and oxygen atoms in total. The Bertz CT molecular complexity index is 992. The lowest BCUT2D eigenvalue weighted by Crippen LogP contribution is -2.41. The molecule has 0 saturated heterocycles. The number of carboxylic acids is 1. The number of hydrogen-bond acceptors (Lipinski definition) is 4. The number of aliphatic carboxylic acids is 1. The van der Waals surface area contributed by atoms with Crippen molar-refractivity contribution in [3.05, 3.63) is 78.4 Å². The zero-order valence-electron chi connectivity index (χ0n) is 16.1. The molecule has 3 aromatic carbocycles. The SMILES string of the molecule is O=C(O)C(O)(CCCc1ccccc1)C[PH](=O)CSc1ccc2ccccc2c1.